The minimum absolute atomic E-state index is 0.348. The summed E-state index contributed by atoms with van der Waals surface area (Å²) in [6, 6.07) is 0. The summed E-state index contributed by atoms with van der Waals surface area (Å²) < 4.78 is 0. The molecule has 0 aromatic rings. The van der Waals surface area contributed by atoms with Crippen LogP contribution in [0.25, 0.3) is 0 Å². The monoisotopic (exact) mass is 306 g/mol. The van der Waals surface area contributed by atoms with Crippen molar-refractivity contribution in [3.05, 3.63) is 35.5 Å². The lowest BCUT2D eigenvalue weighted by atomic mass is 9.86. The summed E-state index contributed by atoms with van der Waals surface area (Å²) >= 11 is 0. The first-order valence-electron chi connectivity index (χ1n) is 8.62. The van der Waals surface area contributed by atoms with Crippen LogP contribution in [0, 0.1) is 11.8 Å². The van der Waals surface area contributed by atoms with Gasteiger partial charge in [-0.1, -0.05) is 49.3 Å². The molecule has 2 heteroatoms. The molecule has 0 saturated carbocycles. The third-order valence-electron chi connectivity index (χ3n) is 4.56. The Balaban J connectivity index is 2.97. The van der Waals surface area contributed by atoms with Crippen LogP contribution in [0.5, 0.6) is 0 Å². The molecule has 3 atom stereocenters. The summed E-state index contributed by atoms with van der Waals surface area (Å²) in [4.78, 5) is 0. The molecule has 1 aliphatic carbocycles. The van der Waals surface area contributed by atoms with Crippen LogP contribution in [-0.4, -0.2) is 21.9 Å². The van der Waals surface area contributed by atoms with Gasteiger partial charge in [0.25, 0.3) is 0 Å². The molecule has 0 aliphatic heterocycles. The molecule has 0 amide bonds. The highest BCUT2D eigenvalue weighted by molar-refractivity contribution is 5.10. The first kappa shape index (κ1) is 19.2. The zero-order valence-corrected chi connectivity index (χ0v) is 15.0. The van der Waals surface area contributed by atoms with E-state index in [2.05, 4.69) is 39.8 Å². The Bertz CT molecular complexity index is 427. The van der Waals surface area contributed by atoms with E-state index in [9.17, 15) is 10.2 Å². The van der Waals surface area contributed by atoms with Crippen molar-refractivity contribution in [2.45, 2.75) is 78.4 Å². The average molecular weight is 306 g/mol. The second-order valence-corrected chi connectivity index (χ2v) is 7.54. The van der Waals surface area contributed by atoms with Gasteiger partial charge in [0.2, 0.25) is 0 Å². The lowest BCUT2D eigenvalue weighted by molar-refractivity contribution is 0.0565. The van der Waals surface area contributed by atoms with Crippen molar-refractivity contribution < 1.29 is 10.2 Å². The van der Waals surface area contributed by atoms with Crippen molar-refractivity contribution in [3.8, 4) is 0 Å². The molecule has 1 rings (SSSR count). The maximum Gasteiger partial charge on any atom is 0.0827 e. The number of aliphatic hydroxyl groups is 2. The Hall–Kier alpha value is -0.860. The Morgan fingerprint density at radius 1 is 1.18 bits per heavy atom. The number of rotatable bonds is 1. The Morgan fingerprint density at radius 2 is 1.86 bits per heavy atom. The van der Waals surface area contributed by atoms with E-state index in [4.69, 9.17) is 0 Å². The highest BCUT2D eigenvalue weighted by Crippen LogP contribution is 2.25. The number of hydrogen-bond acceptors (Lipinski definition) is 2. The first-order valence-corrected chi connectivity index (χ1v) is 8.62. The van der Waals surface area contributed by atoms with E-state index < -0.39 is 11.7 Å². The van der Waals surface area contributed by atoms with E-state index in [1.807, 2.05) is 12.2 Å². The van der Waals surface area contributed by atoms with Gasteiger partial charge in [0.1, 0.15) is 0 Å². The predicted octanol–water partition coefficient (Wildman–Crippen LogP) is 4.78. The SMILES string of the molecule is C/C1=C\[C@H](O)C[C@](C)(O)C=C[C@H](C(C)C)CC/C(C)=C/CC1. The van der Waals surface area contributed by atoms with Gasteiger partial charge < -0.3 is 10.2 Å². The quantitative estimate of drug-likeness (QED) is 0.684. The molecule has 2 N–H and O–H groups in total. The molecule has 0 radical (unpaired) electrons. The maximum atomic E-state index is 10.5. The van der Waals surface area contributed by atoms with Crippen LogP contribution in [0.4, 0.5) is 0 Å². The van der Waals surface area contributed by atoms with Crippen molar-refractivity contribution in [1.82, 2.24) is 0 Å². The summed E-state index contributed by atoms with van der Waals surface area (Å²) in [7, 11) is 0. The molecule has 0 bridgehead atoms. The smallest absolute Gasteiger partial charge is 0.0827 e. The van der Waals surface area contributed by atoms with Gasteiger partial charge in [-0.2, -0.15) is 0 Å². The van der Waals surface area contributed by atoms with Gasteiger partial charge in [0, 0.05) is 6.42 Å². The minimum atomic E-state index is -0.960. The number of allylic oxidation sites excluding steroid dienone is 4. The molecule has 1 aliphatic rings. The van der Waals surface area contributed by atoms with Crippen molar-refractivity contribution in [1.29, 1.82) is 0 Å². The summed E-state index contributed by atoms with van der Waals surface area (Å²) in [6.07, 6.45) is 12.2. The van der Waals surface area contributed by atoms with Gasteiger partial charge in [-0.15, -0.1) is 0 Å². The van der Waals surface area contributed by atoms with Gasteiger partial charge in [-0.05, 0) is 58.3 Å². The zero-order valence-electron chi connectivity index (χ0n) is 15.0. The van der Waals surface area contributed by atoms with Crippen LogP contribution in [0.1, 0.15) is 66.7 Å². The summed E-state index contributed by atoms with van der Waals surface area (Å²) in [5.41, 5.74) is 1.67. The van der Waals surface area contributed by atoms with Gasteiger partial charge in [0.05, 0.1) is 11.7 Å². The molecule has 0 heterocycles. The fourth-order valence-electron chi connectivity index (χ4n) is 2.99. The van der Waals surface area contributed by atoms with Gasteiger partial charge >= 0.3 is 0 Å². The summed E-state index contributed by atoms with van der Waals surface area (Å²) in [5, 5.41) is 20.7. The second-order valence-electron chi connectivity index (χ2n) is 7.54. The van der Waals surface area contributed by atoms with Crippen LogP contribution in [-0.2, 0) is 0 Å². The standard InChI is InChI=1S/C20H34O2/c1-15(2)18-10-9-16(3)7-6-8-17(4)13-19(21)14-20(5,22)12-11-18/h7,11-13,15,18-19,21-22H,6,8-10,14H2,1-5H3/b12-11?,16-7+,17-13+/t18-,19+,20-/m1/s1. The molecule has 2 nitrogen and oxygen atoms in total. The third-order valence-corrected chi connectivity index (χ3v) is 4.56. The molecule has 0 fully saturated rings. The average Bonchev–Trinajstić information content (AvgIpc) is 2.36. The van der Waals surface area contributed by atoms with Gasteiger partial charge in [-0.3, -0.25) is 0 Å². The first-order chi connectivity index (χ1) is 10.2. The molecule has 0 unspecified atom stereocenters. The molecular formula is C20H34O2. The highest BCUT2D eigenvalue weighted by atomic mass is 16.3. The second kappa shape index (κ2) is 8.69. The lowest BCUT2D eigenvalue weighted by Crippen LogP contribution is -2.27. The fourth-order valence-corrected chi connectivity index (χ4v) is 2.99. The predicted molar refractivity (Wildman–Crippen MR) is 94.7 cm³/mol. The topological polar surface area (TPSA) is 40.5 Å². The van der Waals surface area contributed by atoms with Crippen molar-refractivity contribution in [3.63, 3.8) is 0 Å². The molecule has 0 spiro atoms. The fraction of sp³-hybridized carbons (Fsp3) is 0.700. The largest absolute Gasteiger partial charge is 0.389 e. The Kier molecular flexibility index (Phi) is 7.58. The normalized spacial score (nSPS) is 37.1. The molecule has 0 aromatic heterocycles. The Morgan fingerprint density at radius 3 is 2.50 bits per heavy atom. The van der Waals surface area contributed by atoms with Crippen LogP contribution >= 0.6 is 0 Å². The molecule has 0 saturated heterocycles. The van der Waals surface area contributed by atoms with E-state index >= 15 is 0 Å². The number of aliphatic hydroxyl groups excluding tert-OH is 1. The molecule has 0 aromatic carbocycles. The van der Waals surface area contributed by atoms with Crippen LogP contribution < -0.4 is 0 Å². The molecular weight excluding hydrogens is 272 g/mol. The molecule has 126 valence electrons. The minimum Gasteiger partial charge on any atom is -0.389 e. The third kappa shape index (κ3) is 7.42. The van der Waals surface area contributed by atoms with E-state index in [0.717, 1.165) is 25.7 Å². The van der Waals surface area contributed by atoms with E-state index in [0.29, 0.717) is 18.3 Å². The van der Waals surface area contributed by atoms with Crippen LogP contribution in [0.15, 0.2) is 35.5 Å². The van der Waals surface area contributed by atoms with Crippen LogP contribution in [0.3, 0.4) is 0 Å². The summed E-state index contributed by atoms with van der Waals surface area (Å²) in [6.45, 7) is 10.5. The zero-order chi connectivity index (χ0) is 16.8. The van der Waals surface area contributed by atoms with E-state index in [-0.39, 0.29) is 0 Å². The van der Waals surface area contributed by atoms with Crippen molar-refractivity contribution in [2.24, 2.45) is 11.8 Å². The lowest BCUT2D eigenvalue weighted by Gasteiger charge is -2.24. The van der Waals surface area contributed by atoms with Crippen molar-refractivity contribution in [2.75, 3.05) is 0 Å². The Labute approximate surface area is 136 Å². The van der Waals surface area contributed by atoms with Gasteiger partial charge in [0.15, 0.2) is 0 Å². The summed E-state index contributed by atoms with van der Waals surface area (Å²) in [5.74, 6) is 1.02. The highest BCUT2D eigenvalue weighted by Gasteiger charge is 2.21. The maximum absolute atomic E-state index is 10.5. The number of hydrogen-bond donors (Lipinski definition) is 2. The van der Waals surface area contributed by atoms with Crippen LogP contribution in [0.2, 0.25) is 0 Å². The van der Waals surface area contributed by atoms with Crippen molar-refractivity contribution >= 4 is 0 Å². The van der Waals surface area contributed by atoms with E-state index in [1.165, 1.54) is 11.1 Å². The molecule has 22 heavy (non-hydrogen) atoms. The van der Waals surface area contributed by atoms with Gasteiger partial charge in [-0.25, -0.2) is 0 Å². The van der Waals surface area contributed by atoms with E-state index in [1.54, 1.807) is 6.92 Å².